The highest BCUT2D eigenvalue weighted by Gasteiger charge is 2.26. The van der Waals surface area contributed by atoms with Crippen LogP contribution in [-0.4, -0.2) is 27.6 Å². The molecule has 0 radical (unpaired) electrons. The number of ether oxygens (including phenoxy) is 1. The third-order valence-corrected chi connectivity index (χ3v) is 2.76. The van der Waals surface area contributed by atoms with Crippen LogP contribution < -0.4 is 0 Å². The first-order chi connectivity index (χ1) is 8.25. The van der Waals surface area contributed by atoms with Crippen LogP contribution >= 0.6 is 0 Å². The van der Waals surface area contributed by atoms with Gasteiger partial charge in [0.1, 0.15) is 12.3 Å². The smallest absolute Gasteiger partial charge is 0.359 e. The first-order valence-corrected chi connectivity index (χ1v) is 5.43. The molecule has 0 fully saturated rings. The normalized spacial score (nSPS) is 14.3. The van der Waals surface area contributed by atoms with Crippen LogP contribution in [0.5, 0.6) is 0 Å². The fraction of sp³-hybridized carbons (Fsp3) is 0.250. The van der Waals surface area contributed by atoms with E-state index < -0.39 is 0 Å². The zero-order chi connectivity index (χ0) is 11.8. The van der Waals surface area contributed by atoms with Gasteiger partial charge < -0.3 is 4.74 Å². The molecule has 1 aliphatic rings. The van der Waals surface area contributed by atoms with Gasteiger partial charge in [0.25, 0.3) is 0 Å². The second kappa shape index (κ2) is 3.69. The third-order valence-electron chi connectivity index (χ3n) is 2.76. The van der Waals surface area contributed by atoms with Crippen molar-refractivity contribution in [3.05, 3.63) is 35.5 Å². The maximum absolute atomic E-state index is 11.7. The van der Waals surface area contributed by atoms with Crippen LogP contribution in [0.15, 0.2) is 24.3 Å². The fourth-order valence-corrected chi connectivity index (χ4v) is 1.95. The summed E-state index contributed by atoms with van der Waals surface area (Å²) in [7, 11) is 0. The largest absolute Gasteiger partial charge is 0.459 e. The van der Waals surface area contributed by atoms with E-state index in [9.17, 15) is 4.79 Å². The molecule has 3 rings (SSSR count). The molecular formula is C12H11N3O2. The number of fused-ring (bicyclic) bond motifs is 1. The number of nitrogens with zero attached hydrogens (tertiary/aromatic N) is 3. The number of esters is 1. The number of hydrogen-bond acceptors (Lipinski definition) is 4. The first-order valence-electron chi connectivity index (χ1n) is 5.43. The van der Waals surface area contributed by atoms with Gasteiger partial charge in [-0.05, 0) is 13.0 Å². The molecular weight excluding hydrogens is 218 g/mol. The van der Waals surface area contributed by atoms with Crippen LogP contribution in [0, 0.1) is 6.92 Å². The molecule has 0 atom stereocenters. The van der Waals surface area contributed by atoms with Gasteiger partial charge in [-0.1, -0.05) is 29.0 Å². The summed E-state index contributed by atoms with van der Waals surface area (Å²) in [4.78, 5) is 11.7. The number of rotatable bonds is 1. The average molecular weight is 229 g/mol. The van der Waals surface area contributed by atoms with Gasteiger partial charge in [-0.25, -0.2) is 9.48 Å². The van der Waals surface area contributed by atoms with E-state index >= 15 is 0 Å². The quantitative estimate of drug-likeness (QED) is 0.694. The molecule has 86 valence electrons. The van der Waals surface area contributed by atoms with E-state index in [-0.39, 0.29) is 5.97 Å². The number of carbonyl (C=O) groups is 1. The van der Waals surface area contributed by atoms with Crippen LogP contribution in [-0.2, 0) is 11.3 Å². The lowest BCUT2D eigenvalue weighted by Gasteiger charge is -2.13. The van der Waals surface area contributed by atoms with Gasteiger partial charge in [-0.3, -0.25) is 0 Å². The van der Waals surface area contributed by atoms with Crippen molar-refractivity contribution in [2.75, 3.05) is 6.61 Å². The van der Waals surface area contributed by atoms with E-state index in [2.05, 4.69) is 10.3 Å². The molecule has 0 saturated carbocycles. The molecule has 1 aromatic heterocycles. The molecule has 2 aromatic rings. The summed E-state index contributed by atoms with van der Waals surface area (Å²) in [6, 6.07) is 7.83. The van der Waals surface area contributed by atoms with E-state index in [0.29, 0.717) is 24.5 Å². The monoisotopic (exact) mass is 229 g/mol. The Bertz CT molecular complexity index is 589. The Morgan fingerprint density at radius 3 is 3.12 bits per heavy atom. The van der Waals surface area contributed by atoms with Crippen LogP contribution in [0.3, 0.4) is 0 Å². The summed E-state index contributed by atoms with van der Waals surface area (Å²) in [6.07, 6.45) is 0. The SMILES string of the molecule is Cc1cccc(-c2nnn3c2C(=O)OCC3)c1. The van der Waals surface area contributed by atoms with Crippen molar-refractivity contribution < 1.29 is 9.53 Å². The average Bonchev–Trinajstić information content (AvgIpc) is 2.74. The Hall–Kier alpha value is -2.17. The lowest BCUT2D eigenvalue weighted by molar-refractivity contribution is 0.0412. The number of aromatic nitrogens is 3. The van der Waals surface area contributed by atoms with E-state index in [0.717, 1.165) is 11.1 Å². The molecule has 17 heavy (non-hydrogen) atoms. The molecule has 0 aliphatic carbocycles. The summed E-state index contributed by atoms with van der Waals surface area (Å²) < 4.78 is 6.62. The van der Waals surface area contributed by atoms with Crippen molar-refractivity contribution >= 4 is 5.97 Å². The van der Waals surface area contributed by atoms with E-state index in [4.69, 9.17) is 4.74 Å². The summed E-state index contributed by atoms with van der Waals surface area (Å²) in [5.74, 6) is -0.349. The van der Waals surface area contributed by atoms with Gasteiger partial charge in [0.2, 0.25) is 0 Å². The zero-order valence-electron chi connectivity index (χ0n) is 9.38. The Morgan fingerprint density at radius 1 is 1.41 bits per heavy atom. The van der Waals surface area contributed by atoms with Gasteiger partial charge in [-0.15, -0.1) is 5.10 Å². The van der Waals surface area contributed by atoms with Crippen LogP contribution in [0.25, 0.3) is 11.3 Å². The summed E-state index contributed by atoms with van der Waals surface area (Å²) in [5, 5.41) is 8.05. The maximum Gasteiger partial charge on any atom is 0.359 e. The molecule has 1 aromatic carbocycles. The molecule has 5 heteroatoms. The number of cyclic esters (lactones) is 1. The standard InChI is InChI=1S/C12H11N3O2/c1-8-3-2-4-9(7-8)10-11-12(16)17-6-5-15(11)14-13-10/h2-4,7H,5-6H2,1H3. The molecule has 0 amide bonds. The molecule has 0 N–H and O–H groups in total. The predicted molar refractivity (Wildman–Crippen MR) is 60.5 cm³/mol. The molecule has 2 heterocycles. The van der Waals surface area contributed by atoms with Crippen LogP contribution in [0.2, 0.25) is 0 Å². The lowest BCUT2D eigenvalue weighted by Crippen LogP contribution is -2.23. The molecule has 0 unspecified atom stereocenters. The molecule has 1 aliphatic heterocycles. The summed E-state index contributed by atoms with van der Waals surface area (Å²) in [6.45, 7) is 2.93. The van der Waals surface area contributed by atoms with E-state index in [1.165, 1.54) is 0 Å². The van der Waals surface area contributed by atoms with E-state index in [1.54, 1.807) is 4.68 Å². The van der Waals surface area contributed by atoms with Crippen molar-refractivity contribution in [1.82, 2.24) is 15.0 Å². The van der Waals surface area contributed by atoms with Crippen molar-refractivity contribution in [1.29, 1.82) is 0 Å². The predicted octanol–water partition coefficient (Wildman–Crippen LogP) is 1.42. The Kier molecular flexibility index (Phi) is 2.18. The third kappa shape index (κ3) is 1.60. The highest BCUT2D eigenvalue weighted by Crippen LogP contribution is 2.24. The lowest BCUT2D eigenvalue weighted by atomic mass is 10.1. The van der Waals surface area contributed by atoms with Gasteiger partial charge >= 0.3 is 5.97 Å². The Morgan fingerprint density at radius 2 is 2.29 bits per heavy atom. The van der Waals surface area contributed by atoms with Crippen LogP contribution in [0.1, 0.15) is 16.1 Å². The van der Waals surface area contributed by atoms with Crippen molar-refractivity contribution in [2.45, 2.75) is 13.5 Å². The second-order valence-corrected chi connectivity index (χ2v) is 4.02. The van der Waals surface area contributed by atoms with Gasteiger partial charge in [-0.2, -0.15) is 0 Å². The Balaban J connectivity index is 2.16. The number of hydrogen-bond donors (Lipinski definition) is 0. The minimum absolute atomic E-state index is 0.349. The van der Waals surface area contributed by atoms with Crippen molar-refractivity contribution in [2.24, 2.45) is 0 Å². The number of aryl methyl sites for hydroxylation is 1. The molecule has 0 saturated heterocycles. The number of carbonyl (C=O) groups excluding carboxylic acids is 1. The van der Waals surface area contributed by atoms with Gasteiger partial charge in [0.05, 0.1) is 6.54 Å². The number of benzene rings is 1. The van der Waals surface area contributed by atoms with Gasteiger partial charge in [0.15, 0.2) is 5.69 Å². The maximum atomic E-state index is 11.7. The fourth-order valence-electron chi connectivity index (χ4n) is 1.95. The van der Waals surface area contributed by atoms with Crippen molar-refractivity contribution in [3.63, 3.8) is 0 Å². The highest BCUT2D eigenvalue weighted by molar-refractivity contribution is 5.94. The zero-order valence-corrected chi connectivity index (χ0v) is 9.38. The second-order valence-electron chi connectivity index (χ2n) is 4.02. The van der Waals surface area contributed by atoms with E-state index in [1.807, 2.05) is 31.2 Å². The molecule has 5 nitrogen and oxygen atoms in total. The summed E-state index contributed by atoms with van der Waals surface area (Å²) in [5.41, 5.74) is 3.05. The minimum atomic E-state index is -0.349. The molecule has 0 spiro atoms. The highest BCUT2D eigenvalue weighted by atomic mass is 16.5. The van der Waals surface area contributed by atoms with Crippen LogP contribution in [0.4, 0.5) is 0 Å². The first kappa shape index (κ1) is 10.0. The molecule has 0 bridgehead atoms. The van der Waals surface area contributed by atoms with Gasteiger partial charge in [0, 0.05) is 5.56 Å². The Labute approximate surface area is 98.0 Å². The topological polar surface area (TPSA) is 57.0 Å². The summed E-state index contributed by atoms with van der Waals surface area (Å²) >= 11 is 0. The minimum Gasteiger partial charge on any atom is -0.459 e. The van der Waals surface area contributed by atoms with Crippen molar-refractivity contribution in [3.8, 4) is 11.3 Å².